The molecule has 3 heteroatoms. The molecule has 2 rings (SSSR count). The van der Waals surface area contributed by atoms with Crippen LogP contribution in [0.5, 0.6) is 0 Å². The monoisotopic (exact) mass is 203 g/mol. The number of rotatable bonds is 3. The van der Waals surface area contributed by atoms with Crippen molar-refractivity contribution in [1.29, 1.82) is 0 Å². The van der Waals surface area contributed by atoms with Crippen molar-refractivity contribution in [2.75, 3.05) is 0 Å². The first kappa shape index (κ1) is 10.1. The lowest BCUT2D eigenvalue weighted by molar-refractivity contribution is 0.448. The first-order valence-electron chi connectivity index (χ1n) is 5.44. The summed E-state index contributed by atoms with van der Waals surface area (Å²) in [7, 11) is 0. The molecule has 0 aliphatic rings. The van der Waals surface area contributed by atoms with Gasteiger partial charge in [-0.05, 0) is 18.6 Å². The van der Waals surface area contributed by atoms with Crippen LogP contribution in [0, 0.1) is 0 Å². The Balaban J connectivity index is 2.55. The van der Waals surface area contributed by atoms with Crippen LogP contribution < -0.4 is 0 Å². The molecule has 0 N–H and O–H groups in total. The van der Waals surface area contributed by atoms with Crippen molar-refractivity contribution in [2.45, 2.75) is 39.0 Å². The zero-order valence-corrected chi connectivity index (χ0v) is 9.57. The molecule has 0 radical (unpaired) electrons. The Hall–Kier alpha value is -1.38. The first-order chi connectivity index (χ1) is 7.15. The van der Waals surface area contributed by atoms with Gasteiger partial charge in [0.2, 0.25) is 0 Å². The van der Waals surface area contributed by atoms with E-state index in [1.807, 2.05) is 10.6 Å². The molecular formula is C12H17N3. The van der Waals surface area contributed by atoms with E-state index in [9.17, 15) is 0 Å². The minimum absolute atomic E-state index is 0.155. The highest BCUT2D eigenvalue weighted by molar-refractivity contribution is 5.39. The van der Waals surface area contributed by atoms with E-state index >= 15 is 0 Å². The van der Waals surface area contributed by atoms with Crippen molar-refractivity contribution in [3.05, 3.63) is 30.2 Å². The van der Waals surface area contributed by atoms with Crippen LogP contribution in [-0.4, -0.2) is 14.6 Å². The van der Waals surface area contributed by atoms with Gasteiger partial charge in [-0.15, -0.1) is 0 Å². The van der Waals surface area contributed by atoms with Gasteiger partial charge in [0, 0.05) is 5.41 Å². The second-order valence-corrected chi connectivity index (χ2v) is 4.57. The van der Waals surface area contributed by atoms with Crippen molar-refractivity contribution in [2.24, 2.45) is 0 Å². The van der Waals surface area contributed by atoms with Gasteiger partial charge >= 0.3 is 0 Å². The zero-order valence-electron chi connectivity index (χ0n) is 9.57. The molecule has 0 saturated heterocycles. The largest absolute Gasteiger partial charge is 0.217 e. The topological polar surface area (TPSA) is 30.2 Å². The Bertz CT molecular complexity index is 457. The molecular weight excluding hydrogens is 186 g/mol. The van der Waals surface area contributed by atoms with Crippen LogP contribution in [0.4, 0.5) is 0 Å². The highest BCUT2D eigenvalue weighted by Crippen LogP contribution is 2.27. The second kappa shape index (κ2) is 3.65. The fraction of sp³-hybridized carbons (Fsp3) is 0.500. The van der Waals surface area contributed by atoms with Crippen LogP contribution in [0.15, 0.2) is 24.5 Å². The van der Waals surface area contributed by atoms with E-state index in [4.69, 9.17) is 0 Å². The number of hydrogen-bond acceptors (Lipinski definition) is 2. The molecule has 0 aromatic carbocycles. The summed E-state index contributed by atoms with van der Waals surface area (Å²) in [6.07, 6.45) is 3.95. The molecule has 2 aromatic rings. The third-order valence-corrected chi connectivity index (χ3v) is 2.87. The van der Waals surface area contributed by atoms with Gasteiger partial charge in [0.15, 0.2) is 5.65 Å². The smallest absolute Gasteiger partial charge is 0.155 e. The summed E-state index contributed by atoms with van der Waals surface area (Å²) in [5, 5.41) is 4.27. The highest BCUT2D eigenvalue weighted by atomic mass is 15.3. The molecule has 0 unspecified atom stereocenters. The van der Waals surface area contributed by atoms with Crippen LogP contribution in [-0.2, 0) is 5.41 Å². The Kier molecular flexibility index (Phi) is 2.47. The van der Waals surface area contributed by atoms with Crippen molar-refractivity contribution in [1.82, 2.24) is 14.6 Å². The molecule has 0 bridgehead atoms. The van der Waals surface area contributed by atoms with E-state index in [1.165, 1.54) is 12.1 Å². The number of pyridine rings is 1. The van der Waals surface area contributed by atoms with E-state index < -0.39 is 0 Å². The maximum absolute atomic E-state index is 4.27. The van der Waals surface area contributed by atoms with E-state index in [1.54, 1.807) is 6.33 Å². The predicted octanol–water partition coefficient (Wildman–Crippen LogP) is 2.81. The lowest BCUT2D eigenvalue weighted by atomic mass is 9.84. The SMILES string of the molecule is CCCC(C)(C)c1cccc2ncnn12. The van der Waals surface area contributed by atoms with Crippen LogP contribution in [0.25, 0.3) is 5.65 Å². The summed E-state index contributed by atoms with van der Waals surface area (Å²) in [5.41, 5.74) is 2.32. The molecule has 0 spiro atoms. The van der Waals surface area contributed by atoms with Crippen LogP contribution in [0.3, 0.4) is 0 Å². The molecule has 3 nitrogen and oxygen atoms in total. The number of hydrogen-bond donors (Lipinski definition) is 0. The van der Waals surface area contributed by atoms with E-state index in [0.717, 1.165) is 12.1 Å². The lowest BCUT2D eigenvalue weighted by Gasteiger charge is -2.24. The predicted molar refractivity (Wildman–Crippen MR) is 60.9 cm³/mol. The van der Waals surface area contributed by atoms with Gasteiger partial charge in [-0.1, -0.05) is 33.3 Å². The van der Waals surface area contributed by atoms with Crippen LogP contribution in [0.1, 0.15) is 39.3 Å². The van der Waals surface area contributed by atoms with Crippen molar-refractivity contribution < 1.29 is 0 Å². The molecule has 15 heavy (non-hydrogen) atoms. The Labute approximate surface area is 90.1 Å². The Morgan fingerprint density at radius 1 is 1.33 bits per heavy atom. The van der Waals surface area contributed by atoms with Gasteiger partial charge in [-0.3, -0.25) is 0 Å². The number of aromatic nitrogens is 3. The molecule has 0 saturated carbocycles. The zero-order chi connectivity index (χ0) is 10.9. The van der Waals surface area contributed by atoms with Crippen LogP contribution >= 0.6 is 0 Å². The second-order valence-electron chi connectivity index (χ2n) is 4.57. The molecule has 2 aromatic heterocycles. The van der Waals surface area contributed by atoms with Gasteiger partial charge in [0.05, 0.1) is 5.69 Å². The van der Waals surface area contributed by atoms with E-state index in [0.29, 0.717) is 0 Å². The van der Waals surface area contributed by atoms with Gasteiger partial charge in [0.1, 0.15) is 6.33 Å². The minimum atomic E-state index is 0.155. The molecule has 80 valence electrons. The third-order valence-electron chi connectivity index (χ3n) is 2.87. The molecule has 0 aliphatic heterocycles. The van der Waals surface area contributed by atoms with Gasteiger partial charge in [0.25, 0.3) is 0 Å². The summed E-state index contributed by atoms with van der Waals surface area (Å²) < 4.78 is 1.94. The summed E-state index contributed by atoms with van der Waals surface area (Å²) in [5.74, 6) is 0. The summed E-state index contributed by atoms with van der Waals surface area (Å²) >= 11 is 0. The highest BCUT2D eigenvalue weighted by Gasteiger charge is 2.22. The maximum atomic E-state index is 4.27. The third kappa shape index (κ3) is 1.74. The molecule has 0 aliphatic carbocycles. The quantitative estimate of drug-likeness (QED) is 0.767. The average Bonchev–Trinajstić information content (AvgIpc) is 2.64. The summed E-state index contributed by atoms with van der Waals surface area (Å²) in [4.78, 5) is 4.20. The summed E-state index contributed by atoms with van der Waals surface area (Å²) in [6, 6.07) is 6.17. The van der Waals surface area contributed by atoms with Gasteiger partial charge in [-0.2, -0.15) is 5.10 Å². The molecule has 0 atom stereocenters. The van der Waals surface area contributed by atoms with Gasteiger partial charge < -0.3 is 0 Å². The minimum Gasteiger partial charge on any atom is -0.217 e. The maximum Gasteiger partial charge on any atom is 0.155 e. The fourth-order valence-electron chi connectivity index (χ4n) is 2.11. The number of fused-ring (bicyclic) bond motifs is 1. The standard InChI is InChI=1S/C12H17N3/c1-4-8-12(2,3)10-6-5-7-11-13-9-14-15(10)11/h5-7,9H,4,8H2,1-3H3. The lowest BCUT2D eigenvalue weighted by Crippen LogP contribution is -2.21. The van der Waals surface area contributed by atoms with Crippen molar-refractivity contribution in [3.63, 3.8) is 0 Å². The molecule has 2 heterocycles. The molecule has 0 fully saturated rings. The Morgan fingerprint density at radius 2 is 2.13 bits per heavy atom. The van der Waals surface area contributed by atoms with Gasteiger partial charge in [-0.25, -0.2) is 9.50 Å². The van der Waals surface area contributed by atoms with E-state index in [-0.39, 0.29) is 5.41 Å². The first-order valence-corrected chi connectivity index (χ1v) is 5.44. The number of nitrogens with zero attached hydrogens (tertiary/aromatic N) is 3. The van der Waals surface area contributed by atoms with Crippen LogP contribution in [0.2, 0.25) is 0 Å². The normalized spacial score (nSPS) is 12.2. The van der Waals surface area contributed by atoms with Crippen molar-refractivity contribution >= 4 is 5.65 Å². The summed E-state index contributed by atoms with van der Waals surface area (Å²) in [6.45, 7) is 6.73. The Morgan fingerprint density at radius 3 is 2.87 bits per heavy atom. The fourth-order valence-corrected chi connectivity index (χ4v) is 2.11. The average molecular weight is 203 g/mol. The molecule has 0 amide bonds. The van der Waals surface area contributed by atoms with E-state index in [2.05, 4.69) is 43.0 Å². The van der Waals surface area contributed by atoms with Crippen molar-refractivity contribution in [3.8, 4) is 0 Å².